The highest BCUT2D eigenvalue weighted by atomic mass is 32.2. The van der Waals surface area contributed by atoms with Crippen molar-refractivity contribution >= 4 is 52.0 Å². The summed E-state index contributed by atoms with van der Waals surface area (Å²) in [6.45, 7) is 5.10. The number of nitrogens with one attached hydrogen (secondary N) is 1. The number of benzene rings is 1. The van der Waals surface area contributed by atoms with Crippen molar-refractivity contribution in [2.75, 3.05) is 31.2 Å². The average Bonchev–Trinajstić information content (AvgIpc) is 3.13. The SMILES string of the molecule is CCOC(=O)c1sc(N=C(N)NC(=O)c2ccc(C(=O)N3CCSCC3)cc2)nc1C. The van der Waals surface area contributed by atoms with E-state index in [4.69, 9.17) is 10.5 Å². The van der Waals surface area contributed by atoms with E-state index in [0.717, 1.165) is 35.9 Å². The Balaban J connectivity index is 1.63. The van der Waals surface area contributed by atoms with E-state index in [1.807, 2.05) is 16.7 Å². The van der Waals surface area contributed by atoms with Gasteiger partial charge in [-0.3, -0.25) is 14.9 Å². The number of guanidine groups is 1. The molecule has 0 saturated carbocycles. The second kappa shape index (κ2) is 10.4. The van der Waals surface area contributed by atoms with Gasteiger partial charge in [0.15, 0.2) is 0 Å². The third-order valence-electron chi connectivity index (χ3n) is 4.40. The van der Waals surface area contributed by atoms with E-state index in [1.54, 1.807) is 38.1 Å². The number of thiazole rings is 1. The molecule has 2 heterocycles. The molecule has 0 aliphatic carbocycles. The number of nitrogens with zero attached hydrogens (tertiary/aromatic N) is 3. The summed E-state index contributed by atoms with van der Waals surface area (Å²) in [6.07, 6.45) is 0. The number of thioether (sulfide) groups is 1. The zero-order chi connectivity index (χ0) is 22.4. The van der Waals surface area contributed by atoms with Crippen LogP contribution in [-0.2, 0) is 4.74 Å². The smallest absolute Gasteiger partial charge is 0.350 e. The maximum absolute atomic E-state index is 12.5. The van der Waals surface area contributed by atoms with E-state index in [0.29, 0.717) is 21.7 Å². The highest BCUT2D eigenvalue weighted by Gasteiger charge is 2.19. The molecule has 1 aromatic carbocycles. The maximum Gasteiger partial charge on any atom is 0.350 e. The largest absolute Gasteiger partial charge is 0.462 e. The topological polar surface area (TPSA) is 127 Å². The first-order valence-electron chi connectivity index (χ1n) is 9.66. The Labute approximate surface area is 188 Å². The van der Waals surface area contributed by atoms with Crippen LogP contribution in [0.25, 0.3) is 0 Å². The predicted octanol–water partition coefficient (Wildman–Crippen LogP) is 2.19. The number of carbonyl (C=O) groups excluding carboxylic acids is 3. The maximum atomic E-state index is 12.5. The number of aryl methyl sites for hydroxylation is 1. The lowest BCUT2D eigenvalue weighted by molar-refractivity contribution is 0.0530. The Morgan fingerprint density at radius 1 is 1.19 bits per heavy atom. The summed E-state index contributed by atoms with van der Waals surface area (Å²) in [5.74, 6) is 0.744. The summed E-state index contributed by atoms with van der Waals surface area (Å²) in [4.78, 5) is 47.2. The zero-order valence-corrected chi connectivity index (χ0v) is 18.8. The van der Waals surface area contributed by atoms with Crippen LogP contribution in [0.5, 0.6) is 0 Å². The Bertz CT molecular complexity index is 997. The quantitative estimate of drug-likeness (QED) is 0.397. The summed E-state index contributed by atoms with van der Waals surface area (Å²) in [5.41, 5.74) is 7.18. The molecule has 11 heteroatoms. The van der Waals surface area contributed by atoms with Gasteiger partial charge in [0.05, 0.1) is 12.3 Å². The van der Waals surface area contributed by atoms with Crippen LogP contribution in [-0.4, -0.2) is 64.8 Å². The molecule has 1 aliphatic heterocycles. The van der Waals surface area contributed by atoms with E-state index >= 15 is 0 Å². The number of nitrogens with two attached hydrogens (primary N) is 1. The number of rotatable bonds is 5. The minimum Gasteiger partial charge on any atom is -0.462 e. The molecule has 164 valence electrons. The van der Waals surface area contributed by atoms with Gasteiger partial charge in [0, 0.05) is 35.7 Å². The van der Waals surface area contributed by atoms with Gasteiger partial charge in [0.25, 0.3) is 11.8 Å². The summed E-state index contributed by atoms with van der Waals surface area (Å²) in [5, 5.41) is 2.72. The fourth-order valence-electron chi connectivity index (χ4n) is 2.85. The number of carbonyl (C=O) groups is 3. The number of hydrogen-bond acceptors (Lipinski definition) is 8. The van der Waals surface area contributed by atoms with Crippen LogP contribution in [0.1, 0.15) is 43.0 Å². The van der Waals surface area contributed by atoms with Crippen LogP contribution in [0.3, 0.4) is 0 Å². The Kier molecular flexibility index (Phi) is 7.64. The molecule has 0 atom stereocenters. The Morgan fingerprint density at radius 2 is 1.84 bits per heavy atom. The van der Waals surface area contributed by atoms with Crippen molar-refractivity contribution in [3.63, 3.8) is 0 Å². The molecule has 0 unspecified atom stereocenters. The van der Waals surface area contributed by atoms with Gasteiger partial charge >= 0.3 is 5.97 Å². The normalized spacial score (nSPS) is 14.3. The van der Waals surface area contributed by atoms with Gasteiger partial charge < -0.3 is 15.4 Å². The number of aliphatic imine (C=N–C) groups is 1. The van der Waals surface area contributed by atoms with E-state index in [1.165, 1.54) is 0 Å². The number of aromatic nitrogens is 1. The summed E-state index contributed by atoms with van der Waals surface area (Å²) >= 11 is 2.86. The second-order valence-corrected chi connectivity index (χ2v) is 8.77. The van der Waals surface area contributed by atoms with E-state index in [-0.39, 0.29) is 23.6 Å². The molecule has 1 aromatic heterocycles. The monoisotopic (exact) mass is 461 g/mol. The molecule has 2 aromatic rings. The van der Waals surface area contributed by atoms with Crippen LogP contribution >= 0.6 is 23.1 Å². The van der Waals surface area contributed by atoms with Crippen molar-refractivity contribution in [1.29, 1.82) is 0 Å². The van der Waals surface area contributed by atoms with Gasteiger partial charge in [-0.05, 0) is 38.1 Å². The van der Waals surface area contributed by atoms with Crippen molar-refractivity contribution in [2.24, 2.45) is 10.7 Å². The molecule has 31 heavy (non-hydrogen) atoms. The van der Waals surface area contributed by atoms with Crippen LogP contribution in [0.4, 0.5) is 5.13 Å². The molecule has 0 spiro atoms. The molecule has 9 nitrogen and oxygen atoms in total. The number of esters is 1. The molecule has 1 saturated heterocycles. The van der Waals surface area contributed by atoms with Gasteiger partial charge in [-0.15, -0.1) is 0 Å². The van der Waals surface area contributed by atoms with Gasteiger partial charge in [0.1, 0.15) is 4.88 Å². The average molecular weight is 462 g/mol. The lowest BCUT2D eigenvalue weighted by Gasteiger charge is -2.26. The number of amides is 2. The third kappa shape index (κ3) is 5.82. The summed E-state index contributed by atoms with van der Waals surface area (Å²) < 4.78 is 4.97. The van der Waals surface area contributed by atoms with Crippen LogP contribution in [0.2, 0.25) is 0 Å². The van der Waals surface area contributed by atoms with E-state index in [9.17, 15) is 14.4 Å². The molecule has 2 amide bonds. The second-order valence-electron chi connectivity index (χ2n) is 6.56. The molecule has 1 fully saturated rings. The minimum absolute atomic E-state index is 0.0371. The standard InChI is InChI=1S/C20H23N5O4S2/c1-3-29-18(28)15-12(2)22-20(31-15)24-19(21)23-16(26)13-4-6-14(7-5-13)17(27)25-8-10-30-11-9-25/h4-7H,3,8-11H2,1-2H3,(H3,21,22,23,24,26). The van der Waals surface area contributed by atoms with Crippen molar-refractivity contribution < 1.29 is 19.1 Å². The minimum atomic E-state index is -0.473. The molecule has 1 aliphatic rings. The molecule has 3 N–H and O–H groups in total. The molecule has 0 bridgehead atoms. The summed E-state index contributed by atoms with van der Waals surface area (Å²) in [6, 6.07) is 6.39. The third-order valence-corrected chi connectivity index (χ3v) is 6.37. The molecule has 0 radical (unpaired) electrons. The lowest BCUT2D eigenvalue weighted by atomic mass is 10.1. The van der Waals surface area contributed by atoms with Crippen molar-refractivity contribution in [3.8, 4) is 0 Å². The van der Waals surface area contributed by atoms with Crippen molar-refractivity contribution in [2.45, 2.75) is 13.8 Å². The number of hydrogen-bond donors (Lipinski definition) is 2. The Hall–Kier alpha value is -2.92. The zero-order valence-electron chi connectivity index (χ0n) is 17.2. The molecule has 3 rings (SSSR count). The first kappa shape index (κ1) is 22.8. The highest BCUT2D eigenvalue weighted by molar-refractivity contribution is 7.99. The Morgan fingerprint density at radius 3 is 2.48 bits per heavy atom. The lowest BCUT2D eigenvalue weighted by Crippen LogP contribution is -2.38. The predicted molar refractivity (Wildman–Crippen MR) is 121 cm³/mol. The van der Waals surface area contributed by atoms with E-state index < -0.39 is 11.9 Å². The first-order valence-corrected chi connectivity index (χ1v) is 11.6. The summed E-state index contributed by atoms with van der Waals surface area (Å²) in [7, 11) is 0. The highest BCUT2D eigenvalue weighted by Crippen LogP contribution is 2.25. The molecular weight excluding hydrogens is 438 g/mol. The van der Waals surface area contributed by atoms with Gasteiger partial charge in [-0.25, -0.2) is 9.78 Å². The fraction of sp³-hybridized carbons (Fsp3) is 0.350. The van der Waals surface area contributed by atoms with Crippen molar-refractivity contribution in [1.82, 2.24) is 15.2 Å². The first-order chi connectivity index (χ1) is 14.9. The number of ether oxygens (including phenoxy) is 1. The van der Waals surface area contributed by atoms with Gasteiger partial charge in [-0.1, -0.05) is 11.3 Å². The van der Waals surface area contributed by atoms with Crippen LogP contribution in [0.15, 0.2) is 29.3 Å². The van der Waals surface area contributed by atoms with Crippen molar-refractivity contribution in [3.05, 3.63) is 46.0 Å². The van der Waals surface area contributed by atoms with Gasteiger partial charge in [0.2, 0.25) is 11.1 Å². The van der Waals surface area contributed by atoms with Crippen LogP contribution in [0, 0.1) is 6.92 Å². The van der Waals surface area contributed by atoms with E-state index in [2.05, 4.69) is 15.3 Å². The fourth-order valence-corrected chi connectivity index (χ4v) is 4.60. The van der Waals surface area contributed by atoms with Gasteiger partial charge in [-0.2, -0.15) is 16.8 Å². The van der Waals surface area contributed by atoms with Crippen LogP contribution < -0.4 is 11.1 Å². The molecular formula is C20H23N5O4S2.